The van der Waals surface area contributed by atoms with Crippen LogP contribution in [0, 0.1) is 5.92 Å². The summed E-state index contributed by atoms with van der Waals surface area (Å²) in [5.41, 5.74) is -1.73. The van der Waals surface area contributed by atoms with E-state index in [-0.39, 0.29) is 4.90 Å². The molecule has 1 aliphatic heterocycles. The van der Waals surface area contributed by atoms with Crippen LogP contribution in [-0.4, -0.2) is 53.4 Å². The van der Waals surface area contributed by atoms with E-state index in [1.54, 1.807) is 0 Å². The van der Waals surface area contributed by atoms with Crippen molar-refractivity contribution in [1.29, 1.82) is 0 Å². The van der Waals surface area contributed by atoms with Gasteiger partial charge in [0.2, 0.25) is 17.7 Å². The number of carbonyl (C=O) groups is 3. The highest BCUT2D eigenvalue weighted by Gasteiger charge is 2.32. The fourth-order valence-electron chi connectivity index (χ4n) is 2.10. The van der Waals surface area contributed by atoms with Crippen LogP contribution in [0.25, 0.3) is 0 Å². The largest absolute Gasteiger partial charge is 0.383 e. The van der Waals surface area contributed by atoms with Crippen LogP contribution >= 0.6 is 0 Å². The highest BCUT2D eigenvalue weighted by Crippen LogP contribution is 2.24. The Balaban J connectivity index is 2.73. The summed E-state index contributed by atoms with van der Waals surface area (Å²) in [6, 6.07) is -8.25. The van der Waals surface area contributed by atoms with E-state index in [0.717, 1.165) is 7.05 Å². The highest BCUT2D eigenvalue weighted by molar-refractivity contribution is 5.93. The van der Waals surface area contributed by atoms with Gasteiger partial charge in [0.05, 0.1) is 5.48 Å². The molecular formula is C19H27N3O4. The Kier molecular flexibility index (Phi) is 3.04. The van der Waals surface area contributed by atoms with Crippen molar-refractivity contribution >= 4 is 17.7 Å². The van der Waals surface area contributed by atoms with Crippen LogP contribution in [0.5, 0.6) is 0 Å². The standard InChI is InChI=1S/C19H27N3O4/c1-11(2)16(23)18(25)20-12(3)17(24)21-15-14-8-6-5-7-13(14)9-10-22(4)19(15)26/h5-8,11-12,15-16,23H,9-10H2,1-4H3,(H,20,25)(H,21,24)/t12-,15-,16-/m0/s1/i3D3,5D,6D,7D,8D,9D2,10D2. The number of hydrogen-bond donors (Lipinski definition) is 3. The van der Waals surface area contributed by atoms with Gasteiger partial charge in [-0.3, -0.25) is 14.4 Å². The van der Waals surface area contributed by atoms with E-state index in [2.05, 4.69) is 0 Å². The number of aliphatic hydroxyl groups excluding tert-OH is 1. The van der Waals surface area contributed by atoms with Crippen molar-refractivity contribution in [3.8, 4) is 0 Å². The molecule has 3 amide bonds. The van der Waals surface area contributed by atoms with E-state index in [9.17, 15) is 19.5 Å². The van der Waals surface area contributed by atoms with Crippen LogP contribution in [0.4, 0.5) is 0 Å². The lowest BCUT2D eigenvalue weighted by molar-refractivity contribution is -0.137. The van der Waals surface area contributed by atoms with Crippen molar-refractivity contribution in [2.75, 3.05) is 13.5 Å². The third kappa shape index (κ3) is 4.40. The van der Waals surface area contributed by atoms with Crippen molar-refractivity contribution in [2.45, 2.75) is 45.3 Å². The lowest BCUT2D eigenvalue weighted by atomic mass is 9.99. The molecule has 7 heteroatoms. The van der Waals surface area contributed by atoms with E-state index < -0.39 is 96.8 Å². The molecule has 1 aromatic carbocycles. The minimum atomic E-state index is -3.21. The maximum Gasteiger partial charge on any atom is 0.249 e. The maximum absolute atomic E-state index is 13.3. The van der Waals surface area contributed by atoms with E-state index in [1.165, 1.54) is 13.8 Å². The maximum atomic E-state index is 13.3. The van der Waals surface area contributed by atoms with Crippen LogP contribution < -0.4 is 10.6 Å². The van der Waals surface area contributed by atoms with Crippen molar-refractivity contribution in [1.82, 2.24) is 15.5 Å². The molecule has 3 N–H and O–H groups in total. The van der Waals surface area contributed by atoms with Crippen LogP contribution in [0.3, 0.4) is 0 Å². The predicted molar refractivity (Wildman–Crippen MR) is 97.1 cm³/mol. The summed E-state index contributed by atoms with van der Waals surface area (Å²) in [4.78, 5) is 39.0. The minimum absolute atomic E-state index is 0.273. The number of nitrogens with zero attached hydrogens (tertiary/aromatic N) is 1. The number of amides is 3. The molecule has 0 spiro atoms. The minimum Gasteiger partial charge on any atom is -0.383 e. The van der Waals surface area contributed by atoms with Gasteiger partial charge in [-0.15, -0.1) is 0 Å². The second-order valence-corrected chi connectivity index (χ2v) is 5.99. The van der Waals surface area contributed by atoms with Gasteiger partial charge >= 0.3 is 0 Å². The first-order valence-corrected chi connectivity index (χ1v) is 7.77. The summed E-state index contributed by atoms with van der Waals surface area (Å²) >= 11 is 0. The number of nitrogens with one attached hydrogen (secondary N) is 2. The molecule has 1 heterocycles. The Labute approximate surface area is 169 Å². The van der Waals surface area contributed by atoms with Gasteiger partial charge in [-0.05, 0) is 30.3 Å². The van der Waals surface area contributed by atoms with E-state index in [4.69, 9.17) is 15.1 Å². The number of carbonyl (C=O) groups excluding carboxylic acids is 3. The van der Waals surface area contributed by atoms with Gasteiger partial charge in [-0.1, -0.05) is 38.0 Å². The quantitative estimate of drug-likeness (QED) is 0.696. The lowest BCUT2D eigenvalue weighted by Gasteiger charge is -2.24. The smallest absolute Gasteiger partial charge is 0.249 e. The zero-order chi connectivity index (χ0) is 29.0. The SMILES string of the molecule is [2H]c1c([2H])c([2H])c2c(c1[2H])[C@H](NC(=O)[C@@H](NC(=O)[C@@H](O)C(C)C)C([2H])([2H])[2H])C(=O)N(C)C([2H])([2H])C2([2H])[2H]. The lowest BCUT2D eigenvalue weighted by Crippen LogP contribution is -2.51. The highest BCUT2D eigenvalue weighted by atomic mass is 16.3. The average Bonchev–Trinajstić information content (AvgIpc) is 2.81. The third-order valence-electron chi connectivity index (χ3n) is 3.67. The summed E-state index contributed by atoms with van der Waals surface area (Å²) in [6.07, 6.45) is -4.89. The zero-order valence-electron chi connectivity index (χ0n) is 25.4. The summed E-state index contributed by atoms with van der Waals surface area (Å²) in [6.45, 7) is -3.46. The normalized spacial score (nSPS) is 29.9. The van der Waals surface area contributed by atoms with Gasteiger partial charge in [0.25, 0.3) is 0 Å². The molecule has 2 rings (SSSR count). The molecule has 3 atom stereocenters. The molecule has 0 bridgehead atoms. The van der Waals surface area contributed by atoms with Crippen LogP contribution in [0.1, 0.15) is 52.9 Å². The molecule has 0 saturated heterocycles. The number of rotatable bonds is 5. The summed E-state index contributed by atoms with van der Waals surface area (Å²) in [7, 11) is 0.851. The van der Waals surface area contributed by atoms with Gasteiger partial charge in [0, 0.05) is 23.1 Å². The third-order valence-corrected chi connectivity index (χ3v) is 3.67. The number of aliphatic hydroxyl groups is 1. The molecule has 1 aliphatic rings. The molecule has 26 heavy (non-hydrogen) atoms. The van der Waals surface area contributed by atoms with E-state index >= 15 is 0 Å². The molecule has 0 saturated carbocycles. The first-order chi connectivity index (χ1) is 16.6. The Morgan fingerprint density at radius 3 is 2.73 bits per heavy atom. The first-order valence-electron chi connectivity index (χ1n) is 13.3. The molecule has 1 aromatic rings. The van der Waals surface area contributed by atoms with Crippen molar-refractivity contribution in [3.05, 3.63) is 35.3 Å². The Bertz CT molecular complexity index is 1120. The Morgan fingerprint density at radius 1 is 1.38 bits per heavy atom. The summed E-state index contributed by atoms with van der Waals surface area (Å²) in [5, 5.41) is 13.8. The molecule has 142 valence electrons. The van der Waals surface area contributed by atoms with Crippen molar-refractivity contribution in [2.24, 2.45) is 5.92 Å². The van der Waals surface area contributed by atoms with Crippen LogP contribution in [0.2, 0.25) is 0 Å². The topological polar surface area (TPSA) is 98.7 Å². The fraction of sp³-hybridized carbons (Fsp3) is 0.526. The Hall–Kier alpha value is -2.41. The number of hydrogen-bond acceptors (Lipinski definition) is 4. The second-order valence-electron chi connectivity index (χ2n) is 5.99. The first kappa shape index (κ1) is 9.50. The molecule has 0 aliphatic carbocycles. The van der Waals surface area contributed by atoms with Crippen LogP contribution in [0.15, 0.2) is 24.2 Å². The number of likely N-dealkylation sites (N-methyl/N-ethyl adjacent to an activating group) is 1. The van der Waals surface area contributed by atoms with E-state index in [0.29, 0.717) is 0 Å². The van der Waals surface area contributed by atoms with Gasteiger partial charge in [-0.2, -0.15) is 0 Å². The number of fused-ring (bicyclic) bond motifs is 1. The van der Waals surface area contributed by atoms with E-state index in [1.807, 2.05) is 10.6 Å². The molecule has 0 radical (unpaired) electrons. The molecule has 7 nitrogen and oxygen atoms in total. The van der Waals surface area contributed by atoms with Crippen LogP contribution in [-0.2, 0) is 20.8 Å². The summed E-state index contributed by atoms with van der Waals surface area (Å²) in [5.74, 6) is -4.71. The number of benzene rings is 1. The zero-order valence-corrected chi connectivity index (χ0v) is 14.4. The Morgan fingerprint density at radius 2 is 2.08 bits per heavy atom. The van der Waals surface area contributed by atoms with Gasteiger partial charge in [-0.25, -0.2) is 0 Å². The summed E-state index contributed by atoms with van der Waals surface area (Å²) < 4.78 is 88.5. The predicted octanol–water partition coefficient (Wildman–Crippen LogP) is 0.380. The molecule has 0 aromatic heterocycles. The molecular weight excluding hydrogens is 334 g/mol. The van der Waals surface area contributed by atoms with Gasteiger partial charge < -0.3 is 20.6 Å². The molecule has 0 unspecified atom stereocenters. The van der Waals surface area contributed by atoms with Crippen molar-refractivity contribution in [3.63, 3.8) is 0 Å². The van der Waals surface area contributed by atoms with Crippen molar-refractivity contribution < 1.29 is 34.6 Å². The second kappa shape index (κ2) is 8.31. The van der Waals surface area contributed by atoms with Gasteiger partial charge in [0.1, 0.15) is 18.2 Å². The monoisotopic (exact) mass is 372 g/mol. The fourth-order valence-corrected chi connectivity index (χ4v) is 2.10. The average molecular weight is 373 g/mol. The van der Waals surface area contributed by atoms with Gasteiger partial charge in [0.15, 0.2) is 0 Å². The molecule has 0 fully saturated rings.